The zero-order valence-electron chi connectivity index (χ0n) is 10.7. The van der Waals surface area contributed by atoms with Gasteiger partial charge in [-0.2, -0.15) is 0 Å². The Morgan fingerprint density at radius 1 is 1.29 bits per heavy atom. The van der Waals surface area contributed by atoms with Gasteiger partial charge in [-0.3, -0.25) is 0 Å². The summed E-state index contributed by atoms with van der Waals surface area (Å²) < 4.78 is 10.3. The molecule has 3 heteroatoms. The summed E-state index contributed by atoms with van der Waals surface area (Å²) in [5.41, 5.74) is 1.73. The van der Waals surface area contributed by atoms with Gasteiger partial charge in [-0.25, -0.2) is 0 Å². The van der Waals surface area contributed by atoms with E-state index in [-0.39, 0.29) is 0 Å². The molecule has 1 aromatic rings. The molecule has 0 amide bonds. The molecule has 2 rings (SSSR count). The van der Waals surface area contributed by atoms with Gasteiger partial charge in [0.25, 0.3) is 0 Å². The van der Waals surface area contributed by atoms with Crippen molar-refractivity contribution in [3.63, 3.8) is 0 Å². The number of ether oxygens (including phenoxy) is 2. The minimum Gasteiger partial charge on any atom is -0.497 e. The predicted octanol–water partition coefficient (Wildman–Crippen LogP) is 1.96. The largest absolute Gasteiger partial charge is 0.497 e. The fraction of sp³-hybridized carbons (Fsp3) is 0.571. The number of nitrogens with one attached hydrogen (secondary N) is 1. The Kier molecular flexibility index (Phi) is 4.02. The fourth-order valence-corrected chi connectivity index (χ4v) is 2.17. The van der Waals surface area contributed by atoms with Crippen molar-refractivity contribution < 1.29 is 9.47 Å². The highest BCUT2D eigenvalue weighted by molar-refractivity contribution is 5.37. The molecule has 1 aliphatic carbocycles. The van der Waals surface area contributed by atoms with Crippen LogP contribution in [0.25, 0.3) is 0 Å². The second kappa shape index (κ2) is 5.52. The Morgan fingerprint density at radius 3 is 2.76 bits per heavy atom. The van der Waals surface area contributed by atoms with Crippen molar-refractivity contribution in [2.75, 3.05) is 33.9 Å². The first kappa shape index (κ1) is 12.4. The van der Waals surface area contributed by atoms with Gasteiger partial charge < -0.3 is 14.8 Å². The minimum atomic E-state index is 0.336. The molecule has 0 spiro atoms. The van der Waals surface area contributed by atoms with E-state index >= 15 is 0 Å². The number of hydrogen-bond donors (Lipinski definition) is 1. The first-order valence-corrected chi connectivity index (χ1v) is 6.15. The maximum Gasteiger partial charge on any atom is 0.119 e. The Bertz CT molecular complexity index is 361. The van der Waals surface area contributed by atoms with Gasteiger partial charge in [0, 0.05) is 25.6 Å². The third-order valence-electron chi connectivity index (χ3n) is 3.48. The molecule has 0 saturated heterocycles. The average Bonchev–Trinajstić information content (AvgIpc) is 3.16. The Morgan fingerprint density at radius 2 is 2.12 bits per heavy atom. The normalized spacial score (nSPS) is 16.8. The number of rotatable bonds is 7. The number of hydrogen-bond acceptors (Lipinski definition) is 3. The molecule has 0 aromatic heterocycles. The molecule has 0 heterocycles. The SMILES string of the molecule is COCCNCC1(c2cccc(OC)c2)CC1. The van der Waals surface area contributed by atoms with Gasteiger partial charge in [0.15, 0.2) is 0 Å². The van der Waals surface area contributed by atoms with Gasteiger partial charge in [-0.15, -0.1) is 0 Å². The highest BCUT2D eigenvalue weighted by atomic mass is 16.5. The van der Waals surface area contributed by atoms with Crippen LogP contribution in [0.1, 0.15) is 18.4 Å². The van der Waals surface area contributed by atoms with E-state index in [1.54, 1.807) is 14.2 Å². The van der Waals surface area contributed by atoms with Crippen molar-refractivity contribution in [2.45, 2.75) is 18.3 Å². The second-order valence-electron chi connectivity index (χ2n) is 4.68. The van der Waals surface area contributed by atoms with Crippen molar-refractivity contribution in [3.05, 3.63) is 29.8 Å². The molecular formula is C14H21NO2. The van der Waals surface area contributed by atoms with E-state index in [2.05, 4.69) is 23.5 Å². The van der Waals surface area contributed by atoms with E-state index < -0.39 is 0 Å². The Labute approximate surface area is 103 Å². The first-order valence-electron chi connectivity index (χ1n) is 6.15. The summed E-state index contributed by atoms with van der Waals surface area (Å²) in [6.07, 6.45) is 2.53. The molecule has 0 unspecified atom stereocenters. The van der Waals surface area contributed by atoms with E-state index in [9.17, 15) is 0 Å². The van der Waals surface area contributed by atoms with Crippen molar-refractivity contribution in [2.24, 2.45) is 0 Å². The summed E-state index contributed by atoms with van der Waals surface area (Å²) in [5.74, 6) is 0.950. The highest BCUT2D eigenvalue weighted by Gasteiger charge is 2.43. The summed E-state index contributed by atoms with van der Waals surface area (Å²) >= 11 is 0. The average molecular weight is 235 g/mol. The lowest BCUT2D eigenvalue weighted by Crippen LogP contribution is -2.29. The smallest absolute Gasteiger partial charge is 0.119 e. The molecular weight excluding hydrogens is 214 g/mol. The number of methoxy groups -OCH3 is 2. The van der Waals surface area contributed by atoms with E-state index in [0.717, 1.165) is 25.4 Å². The molecule has 1 N–H and O–H groups in total. The molecule has 0 radical (unpaired) electrons. The first-order chi connectivity index (χ1) is 8.30. The molecule has 3 nitrogen and oxygen atoms in total. The Hall–Kier alpha value is -1.06. The molecule has 0 bridgehead atoms. The van der Waals surface area contributed by atoms with Crippen LogP contribution in [-0.4, -0.2) is 33.9 Å². The maximum atomic E-state index is 5.28. The van der Waals surface area contributed by atoms with Crippen molar-refractivity contribution in [1.82, 2.24) is 5.32 Å². The monoisotopic (exact) mass is 235 g/mol. The summed E-state index contributed by atoms with van der Waals surface area (Å²) in [6, 6.07) is 8.43. The van der Waals surface area contributed by atoms with Crippen LogP contribution in [0.3, 0.4) is 0 Å². The molecule has 1 fully saturated rings. The summed E-state index contributed by atoms with van der Waals surface area (Å²) in [5, 5.41) is 3.46. The lowest BCUT2D eigenvalue weighted by Gasteiger charge is -2.17. The fourth-order valence-electron chi connectivity index (χ4n) is 2.17. The van der Waals surface area contributed by atoms with Crippen molar-refractivity contribution in [3.8, 4) is 5.75 Å². The van der Waals surface area contributed by atoms with Crippen LogP contribution in [0, 0.1) is 0 Å². The molecule has 1 aliphatic rings. The molecule has 94 valence electrons. The van der Waals surface area contributed by atoms with Crippen LogP contribution in [0.4, 0.5) is 0 Å². The third-order valence-corrected chi connectivity index (χ3v) is 3.48. The quantitative estimate of drug-likeness (QED) is 0.733. The lowest BCUT2D eigenvalue weighted by atomic mass is 9.96. The molecule has 0 atom stereocenters. The topological polar surface area (TPSA) is 30.5 Å². The number of benzene rings is 1. The summed E-state index contributed by atoms with van der Waals surface area (Å²) in [7, 11) is 3.45. The summed E-state index contributed by atoms with van der Waals surface area (Å²) in [6.45, 7) is 2.72. The zero-order valence-corrected chi connectivity index (χ0v) is 10.7. The van der Waals surface area contributed by atoms with Gasteiger partial charge >= 0.3 is 0 Å². The maximum absolute atomic E-state index is 5.28. The van der Waals surface area contributed by atoms with Gasteiger partial charge in [-0.05, 0) is 30.5 Å². The van der Waals surface area contributed by atoms with Crippen LogP contribution < -0.4 is 10.1 Å². The minimum absolute atomic E-state index is 0.336. The standard InChI is InChI=1S/C14H21NO2/c1-16-9-8-15-11-14(6-7-14)12-4-3-5-13(10-12)17-2/h3-5,10,15H,6-9,11H2,1-2H3. The molecule has 1 aromatic carbocycles. The zero-order chi connectivity index (χ0) is 12.1. The predicted molar refractivity (Wildman–Crippen MR) is 68.7 cm³/mol. The van der Waals surface area contributed by atoms with Crippen LogP contribution >= 0.6 is 0 Å². The van der Waals surface area contributed by atoms with E-state index in [4.69, 9.17) is 9.47 Å². The van der Waals surface area contributed by atoms with Gasteiger partial charge in [0.05, 0.1) is 13.7 Å². The van der Waals surface area contributed by atoms with Gasteiger partial charge in [-0.1, -0.05) is 12.1 Å². The van der Waals surface area contributed by atoms with E-state index in [1.807, 2.05) is 6.07 Å². The third kappa shape index (κ3) is 2.99. The van der Waals surface area contributed by atoms with Crippen LogP contribution in [0.15, 0.2) is 24.3 Å². The van der Waals surface area contributed by atoms with Crippen molar-refractivity contribution >= 4 is 0 Å². The Balaban J connectivity index is 1.95. The lowest BCUT2D eigenvalue weighted by molar-refractivity contribution is 0.198. The summed E-state index contributed by atoms with van der Waals surface area (Å²) in [4.78, 5) is 0. The van der Waals surface area contributed by atoms with Gasteiger partial charge in [0.2, 0.25) is 0 Å². The van der Waals surface area contributed by atoms with Gasteiger partial charge in [0.1, 0.15) is 5.75 Å². The second-order valence-corrected chi connectivity index (χ2v) is 4.68. The van der Waals surface area contributed by atoms with Crippen LogP contribution in [0.2, 0.25) is 0 Å². The highest BCUT2D eigenvalue weighted by Crippen LogP contribution is 2.48. The molecule has 17 heavy (non-hydrogen) atoms. The van der Waals surface area contributed by atoms with Crippen molar-refractivity contribution in [1.29, 1.82) is 0 Å². The van der Waals surface area contributed by atoms with E-state index in [0.29, 0.717) is 5.41 Å². The van der Waals surface area contributed by atoms with Crippen LogP contribution in [-0.2, 0) is 10.2 Å². The van der Waals surface area contributed by atoms with E-state index in [1.165, 1.54) is 18.4 Å². The molecule has 0 aliphatic heterocycles. The van der Waals surface area contributed by atoms with Crippen LogP contribution in [0.5, 0.6) is 5.75 Å². The molecule has 1 saturated carbocycles.